The van der Waals surface area contributed by atoms with Gasteiger partial charge >= 0.3 is 0 Å². The summed E-state index contributed by atoms with van der Waals surface area (Å²) < 4.78 is 5.58. The fourth-order valence-corrected chi connectivity index (χ4v) is 2.31. The number of rotatable bonds is 6. The number of hydrogen-bond acceptors (Lipinski definition) is 2. The maximum atomic E-state index is 5.58. The van der Waals surface area contributed by atoms with Crippen molar-refractivity contribution in [3.8, 4) is 0 Å². The Balaban J connectivity index is 1.97. The number of hydrogen-bond donors (Lipinski definition) is 1. The molecule has 96 valence electrons. The summed E-state index contributed by atoms with van der Waals surface area (Å²) in [5.74, 6) is 0.654. The first-order valence-corrected chi connectivity index (χ1v) is 7.10. The Bertz CT molecular complexity index is 151. The highest BCUT2D eigenvalue weighted by Crippen LogP contribution is 2.16. The van der Waals surface area contributed by atoms with E-state index in [0.717, 1.165) is 25.8 Å². The normalized spacial score (nSPS) is 19.7. The van der Waals surface area contributed by atoms with Crippen molar-refractivity contribution in [3.05, 3.63) is 0 Å². The van der Waals surface area contributed by atoms with Gasteiger partial charge in [0.1, 0.15) is 0 Å². The second kappa shape index (κ2) is 9.00. The van der Waals surface area contributed by atoms with Crippen LogP contribution < -0.4 is 5.32 Å². The Kier molecular flexibility index (Phi) is 7.87. The lowest BCUT2D eigenvalue weighted by Crippen LogP contribution is -2.32. The summed E-state index contributed by atoms with van der Waals surface area (Å²) in [4.78, 5) is 0. The highest BCUT2D eigenvalue weighted by atomic mass is 16.5. The van der Waals surface area contributed by atoms with Crippen LogP contribution in [0.5, 0.6) is 0 Å². The second-order valence-corrected chi connectivity index (χ2v) is 5.46. The van der Waals surface area contributed by atoms with E-state index in [9.17, 15) is 0 Å². The van der Waals surface area contributed by atoms with Crippen LogP contribution >= 0.6 is 0 Å². The molecule has 0 heterocycles. The van der Waals surface area contributed by atoms with Crippen LogP contribution in [0.4, 0.5) is 0 Å². The Labute approximate surface area is 101 Å². The first-order valence-electron chi connectivity index (χ1n) is 7.10. The van der Waals surface area contributed by atoms with Crippen molar-refractivity contribution in [1.82, 2.24) is 5.32 Å². The molecule has 2 heteroatoms. The minimum Gasteiger partial charge on any atom is -0.380 e. The SMILES string of the molecule is CC(C)COCCNC1CCCCCCC1. The van der Waals surface area contributed by atoms with Gasteiger partial charge in [0.05, 0.1) is 6.61 Å². The summed E-state index contributed by atoms with van der Waals surface area (Å²) in [5, 5.41) is 3.64. The zero-order valence-corrected chi connectivity index (χ0v) is 11.1. The van der Waals surface area contributed by atoms with Crippen LogP contribution in [-0.4, -0.2) is 25.8 Å². The third-order valence-corrected chi connectivity index (χ3v) is 3.24. The van der Waals surface area contributed by atoms with Crippen molar-refractivity contribution in [3.63, 3.8) is 0 Å². The first kappa shape index (κ1) is 14.0. The van der Waals surface area contributed by atoms with Crippen molar-refractivity contribution in [2.75, 3.05) is 19.8 Å². The summed E-state index contributed by atoms with van der Waals surface area (Å²) in [6, 6.07) is 0.753. The quantitative estimate of drug-likeness (QED) is 0.703. The number of nitrogens with one attached hydrogen (secondary N) is 1. The van der Waals surface area contributed by atoms with Gasteiger partial charge in [-0.25, -0.2) is 0 Å². The number of ether oxygens (including phenoxy) is 1. The Morgan fingerprint density at radius 2 is 1.69 bits per heavy atom. The molecule has 0 aliphatic heterocycles. The van der Waals surface area contributed by atoms with E-state index in [-0.39, 0.29) is 0 Å². The van der Waals surface area contributed by atoms with Crippen molar-refractivity contribution >= 4 is 0 Å². The molecule has 1 N–H and O–H groups in total. The van der Waals surface area contributed by atoms with E-state index in [1.165, 1.54) is 44.9 Å². The van der Waals surface area contributed by atoms with Crippen LogP contribution in [0.25, 0.3) is 0 Å². The fraction of sp³-hybridized carbons (Fsp3) is 1.00. The van der Waals surface area contributed by atoms with Crippen LogP contribution in [-0.2, 0) is 4.74 Å². The predicted molar refractivity (Wildman–Crippen MR) is 69.8 cm³/mol. The largest absolute Gasteiger partial charge is 0.380 e. The van der Waals surface area contributed by atoms with E-state index in [0.29, 0.717) is 5.92 Å². The van der Waals surface area contributed by atoms with Gasteiger partial charge in [-0.3, -0.25) is 0 Å². The summed E-state index contributed by atoms with van der Waals surface area (Å²) in [6.07, 6.45) is 9.86. The molecule has 2 nitrogen and oxygen atoms in total. The third-order valence-electron chi connectivity index (χ3n) is 3.24. The molecule has 0 spiro atoms. The van der Waals surface area contributed by atoms with Crippen LogP contribution in [0.15, 0.2) is 0 Å². The van der Waals surface area contributed by atoms with Gasteiger partial charge in [0.15, 0.2) is 0 Å². The molecular weight excluding hydrogens is 198 g/mol. The molecule has 0 saturated heterocycles. The van der Waals surface area contributed by atoms with Gasteiger partial charge in [-0.1, -0.05) is 46.0 Å². The van der Waals surface area contributed by atoms with Crippen molar-refractivity contribution < 1.29 is 4.74 Å². The molecule has 1 aliphatic carbocycles. The lowest BCUT2D eigenvalue weighted by molar-refractivity contribution is 0.109. The van der Waals surface area contributed by atoms with Gasteiger partial charge in [0.2, 0.25) is 0 Å². The molecule has 0 amide bonds. The topological polar surface area (TPSA) is 21.3 Å². The molecule has 1 saturated carbocycles. The van der Waals surface area contributed by atoms with Gasteiger partial charge in [0.25, 0.3) is 0 Å². The molecule has 0 radical (unpaired) electrons. The van der Waals surface area contributed by atoms with Crippen LogP contribution in [0.3, 0.4) is 0 Å². The Hall–Kier alpha value is -0.0800. The zero-order valence-electron chi connectivity index (χ0n) is 11.1. The highest BCUT2D eigenvalue weighted by molar-refractivity contribution is 4.69. The lowest BCUT2D eigenvalue weighted by atomic mass is 9.97. The van der Waals surface area contributed by atoms with Crippen molar-refractivity contribution in [2.45, 2.75) is 64.8 Å². The van der Waals surface area contributed by atoms with Gasteiger partial charge < -0.3 is 10.1 Å². The molecule has 0 aromatic carbocycles. The minimum atomic E-state index is 0.654. The smallest absolute Gasteiger partial charge is 0.0591 e. The van der Waals surface area contributed by atoms with Gasteiger partial charge in [-0.05, 0) is 18.8 Å². The molecule has 1 fully saturated rings. The summed E-state index contributed by atoms with van der Waals surface area (Å²) in [6.45, 7) is 7.18. The molecule has 0 atom stereocenters. The van der Waals surface area contributed by atoms with Gasteiger partial charge in [0, 0.05) is 19.2 Å². The van der Waals surface area contributed by atoms with E-state index < -0.39 is 0 Å². The summed E-state index contributed by atoms with van der Waals surface area (Å²) in [7, 11) is 0. The van der Waals surface area contributed by atoms with E-state index in [2.05, 4.69) is 19.2 Å². The van der Waals surface area contributed by atoms with Gasteiger partial charge in [-0.2, -0.15) is 0 Å². The molecule has 1 aliphatic rings. The molecule has 0 aromatic heterocycles. The van der Waals surface area contributed by atoms with Crippen molar-refractivity contribution in [1.29, 1.82) is 0 Å². The second-order valence-electron chi connectivity index (χ2n) is 5.46. The van der Waals surface area contributed by atoms with Crippen LogP contribution in [0.2, 0.25) is 0 Å². The maximum absolute atomic E-state index is 5.58. The highest BCUT2D eigenvalue weighted by Gasteiger charge is 2.09. The zero-order chi connectivity index (χ0) is 11.6. The Morgan fingerprint density at radius 1 is 1.06 bits per heavy atom. The molecular formula is C14H29NO. The fourth-order valence-electron chi connectivity index (χ4n) is 2.31. The first-order chi connectivity index (χ1) is 7.79. The molecule has 0 unspecified atom stereocenters. The van der Waals surface area contributed by atoms with Crippen molar-refractivity contribution in [2.24, 2.45) is 5.92 Å². The molecule has 0 bridgehead atoms. The predicted octanol–water partition coefficient (Wildman–Crippen LogP) is 3.36. The maximum Gasteiger partial charge on any atom is 0.0591 e. The monoisotopic (exact) mass is 227 g/mol. The molecule has 1 rings (SSSR count). The standard InChI is InChI=1S/C14H29NO/c1-13(2)12-16-11-10-15-14-8-6-4-3-5-7-9-14/h13-15H,3-12H2,1-2H3. The molecule has 16 heavy (non-hydrogen) atoms. The van der Waals surface area contributed by atoms with E-state index >= 15 is 0 Å². The average molecular weight is 227 g/mol. The van der Waals surface area contributed by atoms with E-state index in [1.54, 1.807) is 0 Å². The minimum absolute atomic E-state index is 0.654. The van der Waals surface area contributed by atoms with Crippen LogP contribution in [0.1, 0.15) is 58.8 Å². The van der Waals surface area contributed by atoms with E-state index in [4.69, 9.17) is 4.74 Å². The lowest BCUT2D eigenvalue weighted by Gasteiger charge is -2.21. The molecule has 0 aromatic rings. The summed E-state index contributed by atoms with van der Waals surface area (Å²) >= 11 is 0. The van der Waals surface area contributed by atoms with E-state index in [1.807, 2.05) is 0 Å². The average Bonchev–Trinajstić information content (AvgIpc) is 2.19. The summed E-state index contributed by atoms with van der Waals surface area (Å²) in [5.41, 5.74) is 0. The van der Waals surface area contributed by atoms with Gasteiger partial charge in [-0.15, -0.1) is 0 Å². The third kappa shape index (κ3) is 7.24. The van der Waals surface area contributed by atoms with Crippen LogP contribution in [0, 0.1) is 5.92 Å². The Morgan fingerprint density at radius 3 is 2.31 bits per heavy atom.